The molecule has 1 unspecified atom stereocenters. The Morgan fingerprint density at radius 1 is 1.11 bits per heavy atom. The van der Waals surface area contributed by atoms with Crippen LogP contribution in [-0.4, -0.2) is 18.7 Å². The summed E-state index contributed by atoms with van der Waals surface area (Å²) in [7, 11) is -0.834. The van der Waals surface area contributed by atoms with E-state index < -0.39 is 7.12 Å². The van der Waals surface area contributed by atoms with E-state index in [1.165, 1.54) is 0 Å². The third kappa shape index (κ3) is 2.13. The van der Waals surface area contributed by atoms with Crippen molar-refractivity contribution in [3.63, 3.8) is 0 Å². The molecule has 19 heavy (non-hydrogen) atoms. The van der Waals surface area contributed by atoms with Gasteiger partial charge in [-0.1, -0.05) is 42.5 Å². The molecule has 0 bridgehead atoms. The minimum absolute atomic E-state index is 0.224. The average molecular weight is 253 g/mol. The first-order chi connectivity index (χ1) is 9.31. The van der Waals surface area contributed by atoms with Crippen LogP contribution in [0.5, 0.6) is 0 Å². The lowest BCUT2D eigenvalue weighted by molar-refractivity contribution is 0.186. The fraction of sp³-hybridized carbons (Fsp3) is 0.200. The van der Waals surface area contributed by atoms with E-state index >= 15 is 0 Å². The predicted octanol–water partition coefficient (Wildman–Crippen LogP) is 1.93. The topological polar surface area (TPSA) is 32.7 Å². The summed E-state index contributed by atoms with van der Waals surface area (Å²) in [4.78, 5) is 2.15. The van der Waals surface area contributed by atoms with Gasteiger partial charge in [-0.3, -0.25) is 0 Å². The minimum Gasteiger partial charge on any atom is -0.423 e. The first-order valence-corrected chi connectivity index (χ1v) is 6.55. The van der Waals surface area contributed by atoms with Gasteiger partial charge < -0.3 is 14.6 Å². The molecule has 0 aromatic heterocycles. The summed E-state index contributed by atoms with van der Waals surface area (Å²) in [5.74, 6) is 0. The Kier molecular flexibility index (Phi) is 3.28. The molecule has 0 spiro atoms. The zero-order valence-corrected chi connectivity index (χ0v) is 10.9. The van der Waals surface area contributed by atoms with Gasteiger partial charge in [0.05, 0.1) is 0 Å². The van der Waals surface area contributed by atoms with Crippen molar-refractivity contribution in [3.8, 4) is 0 Å². The van der Waals surface area contributed by atoms with Crippen molar-refractivity contribution >= 4 is 18.3 Å². The van der Waals surface area contributed by atoms with Crippen LogP contribution >= 0.6 is 0 Å². The van der Waals surface area contributed by atoms with Gasteiger partial charge in [-0.25, -0.2) is 0 Å². The molecule has 1 aliphatic rings. The quantitative estimate of drug-likeness (QED) is 0.848. The Morgan fingerprint density at radius 3 is 2.53 bits per heavy atom. The highest BCUT2D eigenvalue weighted by atomic mass is 16.5. The summed E-state index contributed by atoms with van der Waals surface area (Å²) in [5.41, 5.74) is 3.00. The molecule has 0 saturated heterocycles. The Bertz CT molecular complexity index is 561. The molecular formula is C15H16BNO2. The lowest BCUT2D eigenvalue weighted by atomic mass is 9.79. The first kappa shape index (κ1) is 12.3. The number of hydrogen-bond acceptors (Lipinski definition) is 3. The molecule has 0 aliphatic carbocycles. The van der Waals surface area contributed by atoms with E-state index in [0.717, 1.165) is 23.3 Å². The van der Waals surface area contributed by atoms with E-state index in [1.807, 2.05) is 42.5 Å². The number of para-hydroxylation sites is 1. The first-order valence-electron chi connectivity index (χ1n) is 6.55. The van der Waals surface area contributed by atoms with Crippen LogP contribution in [0, 0.1) is 0 Å². The fourth-order valence-corrected chi connectivity index (χ4v) is 2.57. The van der Waals surface area contributed by atoms with E-state index in [-0.39, 0.29) is 6.23 Å². The van der Waals surface area contributed by atoms with E-state index in [2.05, 4.69) is 24.0 Å². The van der Waals surface area contributed by atoms with Crippen molar-refractivity contribution in [2.75, 3.05) is 11.4 Å². The van der Waals surface area contributed by atoms with Crippen LogP contribution in [0.15, 0.2) is 54.6 Å². The molecule has 1 heterocycles. The van der Waals surface area contributed by atoms with Crippen LogP contribution in [-0.2, 0) is 4.65 Å². The highest BCUT2D eigenvalue weighted by Gasteiger charge is 2.37. The molecule has 0 saturated carbocycles. The molecule has 1 aliphatic heterocycles. The number of hydrogen-bond donors (Lipinski definition) is 1. The van der Waals surface area contributed by atoms with Gasteiger partial charge in [-0.2, -0.15) is 0 Å². The van der Waals surface area contributed by atoms with Gasteiger partial charge in [0.15, 0.2) is 0 Å². The third-order valence-electron chi connectivity index (χ3n) is 3.50. The number of rotatable bonds is 3. The zero-order valence-electron chi connectivity index (χ0n) is 10.9. The molecule has 2 aromatic rings. The number of nitrogens with zero attached hydrogens (tertiary/aromatic N) is 1. The Labute approximate surface area is 113 Å². The highest BCUT2D eigenvalue weighted by Crippen LogP contribution is 2.31. The van der Waals surface area contributed by atoms with Crippen molar-refractivity contribution in [2.24, 2.45) is 0 Å². The van der Waals surface area contributed by atoms with Gasteiger partial charge in [-0.05, 0) is 30.1 Å². The maximum atomic E-state index is 9.99. The summed E-state index contributed by atoms with van der Waals surface area (Å²) >= 11 is 0. The van der Waals surface area contributed by atoms with Gasteiger partial charge in [0.25, 0.3) is 0 Å². The van der Waals surface area contributed by atoms with E-state index in [4.69, 9.17) is 4.65 Å². The fourth-order valence-electron chi connectivity index (χ4n) is 2.57. The SMILES string of the molecule is CCN(c1ccccc1)C1OB(O)c2ccccc21. The average Bonchev–Trinajstić information content (AvgIpc) is 2.79. The van der Waals surface area contributed by atoms with E-state index in [1.54, 1.807) is 0 Å². The van der Waals surface area contributed by atoms with Crippen LogP contribution in [0.2, 0.25) is 0 Å². The minimum atomic E-state index is -0.834. The number of benzene rings is 2. The summed E-state index contributed by atoms with van der Waals surface area (Å²) in [6.07, 6.45) is -0.224. The van der Waals surface area contributed by atoms with Crippen LogP contribution in [0.4, 0.5) is 5.69 Å². The largest absolute Gasteiger partial charge is 0.493 e. The smallest absolute Gasteiger partial charge is 0.423 e. The maximum absolute atomic E-state index is 9.99. The van der Waals surface area contributed by atoms with Gasteiger partial charge in [0.1, 0.15) is 6.23 Å². The zero-order chi connectivity index (χ0) is 13.2. The molecule has 1 atom stereocenters. The van der Waals surface area contributed by atoms with Crippen molar-refractivity contribution in [2.45, 2.75) is 13.2 Å². The third-order valence-corrected chi connectivity index (χ3v) is 3.50. The monoisotopic (exact) mass is 253 g/mol. The van der Waals surface area contributed by atoms with Gasteiger partial charge >= 0.3 is 7.12 Å². The van der Waals surface area contributed by atoms with E-state index in [0.29, 0.717) is 0 Å². The van der Waals surface area contributed by atoms with Crippen LogP contribution in [0.1, 0.15) is 18.7 Å². The molecule has 0 amide bonds. The predicted molar refractivity (Wildman–Crippen MR) is 77.3 cm³/mol. The van der Waals surface area contributed by atoms with Gasteiger partial charge in [0, 0.05) is 12.2 Å². The summed E-state index contributed by atoms with van der Waals surface area (Å²) in [6.45, 7) is 2.90. The second kappa shape index (κ2) is 5.07. The lowest BCUT2D eigenvalue weighted by Crippen LogP contribution is -2.30. The van der Waals surface area contributed by atoms with Gasteiger partial charge in [-0.15, -0.1) is 0 Å². The van der Waals surface area contributed by atoms with Crippen molar-refractivity contribution < 1.29 is 9.68 Å². The van der Waals surface area contributed by atoms with Crippen LogP contribution < -0.4 is 10.4 Å². The highest BCUT2D eigenvalue weighted by molar-refractivity contribution is 6.61. The molecule has 3 nitrogen and oxygen atoms in total. The molecule has 0 radical (unpaired) electrons. The summed E-state index contributed by atoms with van der Waals surface area (Å²) < 4.78 is 5.72. The molecule has 3 rings (SSSR count). The number of anilines is 1. The second-order valence-electron chi connectivity index (χ2n) is 4.59. The van der Waals surface area contributed by atoms with Crippen molar-refractivity contribution in [1.29, 1.82) is 0 Å². The molecule has 1 N–H and O–H groups in total. The molecule has 4 heteroatoms. The van der Waals surface area contributed by atoms with Gasteiger partial charge in [0.2, 0.25) is 0 Å². The van der Waals surface area contributed by atoms with Crippen molar-refractivity contribution in [1.82, 2.24) is 0 Å². The molecule has 0 fully saturated rings. The van der Waals surface area contributed by atoms with Crippen molar-refractivity contribution in [3.05, 3.63) is 60.2 Å². The summed E-state index contributed by atoms with van der Waals surface area (Å²) in [6, 6.07) is 18.0. The molecular weight excluding hydrogens is 237 g/mol. The Morgan fingerprint density at radius 2 is 1.79 bits per heavy atom. The Balaban J connectivity index is 1.98. The Hall–Kier alpha value is -1.78. The normalized spacial score (nSPS) is 17.4. The number of fused-ring (bicyclic) bond motifs is 1. The maximum Gasteiger partial charge on any atom is 0.493 e. The second-order valence-corrected chi connectivity index (χ2v) is 4.59. The summed E-state index contributed by atoms with van der Waals surface area (Å²) in [5, 5.41) is 9.99. The van der Waals surface area contributed by atoms with Crippen LogP contribution in [0.3, 0.4) is 0 Å². The van der Waals surface area contributed by atoms with Crippen LogP contribution in [0.25, 0.3) is 0 Å². The van der Waals surface area contributed by atoms with E-state index in [9.17, 15) is 5.02 Å². The standard InChI is InChI=1S/C15H16BNO2/c1-2-17(12-8-4-3-5-9-12)15-13-10-6-7-11-14(13)16(18)19-15/h3-11,15,18H,2H2,1H3. The molecule has 2 aromatic carbocycles. The molecule has 96 valence electrons. The lowest BCUT2D eigenvalue weighted by Gasteiger charge is -2.30.